The molecular formula is C20H24N2O2S. The van der Waals surface area contributed by atoms with Crippen molar-refractivity contribution in [3.05, 3.63) is 59.2 Å². The lowest BCUT2D eigenvalue weighted by Crippen LogP contribution is -2.28. The van der Waals surface area contributed by atoms with Gasteiger partial charge in [0.15, 0.2) is 0 Å². The van der Waals surface area contributed by atoms with Gasteiger partial charge in [-0.05, 0) is 56.2 Å². The molecule has 2 rings (SSSR count). The van der Waals surface area contributed by atoms with Crippen LogP contribution in [0, 0.1) is 13.8 Å². The van der Waals surface area contributed by atoms with Crippen LogP contribution in [0.2, 0.25) is 0 Å². The van der Waals surface area contributed by atoms with E-state index in [-0.39, 0.29) is 17.9 Å². The molecule has 2 aromatic rings. The summed E-state index contributed by atoms with van der Waals surface area (Å²) in [4.78, 5) is 24.2. The fourth-order valence-electron chi connectivity index (χ4n) is 2.57. The van der Waals surface area contributed by atoms with Crippen molar-refractivity contribution in [2.75, 3.05) is 11.1 Å². The normalized spacial score (nSPS) is 11.7. The monoisotopic (exact) mass is 356 g/mol. The number of carbonyl (C=O) groups excluding carboxylic acids is 2. The summed E-state index contributed by atoms with van der Waals surface area (Å²) < 4.78 is 0. The third-order valence-corrected chi connectivity index (χ3v) is 4.84. The second kappa shape index (κ2) is 8.72. The summed E-state index contributed by atoms with van der Waals surface area (Å²) in [6, 6.07) is 13.7. The largest absolute Gasteiger partial charge is 0.349 e. The average molecular weight is 356 g/mol. The summed E-state index contributed by atoms with van der Waals surface area (Å²) in [6.07, 6.45) is 0. The molecule has 0 saturated heterocycles. The Labute approximate surface area is 153 Å². The number of benzene rings is 2. The van der Waals surface area contributed by atoms with Gasteiger partial charge < -0.3 is 10.6 Å². The van der Waals surface area contributed by atoms with Crippen LogP contribution in [-0.2, 0) is 9.59 Å². The molecule has 0 radical (unpaired) electrons. The van der Waals surface area contributed by atoms with Gasteiger partial charge in [0.05, 0.1) is 11.8 Å². The number of nitrogens with one attached hydrogen (secondary N) is 2. The molecule has 0 aliphatic heterocycles. The van der Waals surface area contributed by atoms with Crippen molar-refractivity contribution in [1.82, 2.24) is 5.32 Å². The van der Waals surface area contributed by atoms with Crippen molar-refractivity contribution in [1.29, 1.82) is 0 Å². The Bertz CT molecular complexity index is 757. The van der Waals surface area contributed by atoms with Crippen molar-refractivity contribution in [2.24, 2.45) is 0 Å². The maximum Gasteiger partial charge on any atom is 0.230 e. The molecule has 0 heterocycles. The van der Waals surface area contributed by atoms with Crippen LogP contribution in [0.25, 0.3) is 0 Å². The van der Waals surface area contributed by atoms with Gasteiger partial charge in [-0.1, -0.05) is 23.8 Å². The lowest BCUT2D eigenvalue weighted by Gasteiger charge is -2.17. The van der Waals surface area contributed by atoms with E-state index in [1.807, 2.05) is 31.2 Å². The molecule has 0 aliphatic carbocycles. The first kappa shape index (κ1) is 19.1. The van der Waals surface area contributed by atoms with Gasteiger partial charge in [-0.3, -0.25) is 9.59 Å². The smallest absolute Gasteiger partial charge is 0.230 e. The lowest BCUT2D eigenvalue weighted by atomic mass is 10.00. The van der Waals surface area contributed by atoms with E-state index in [4.69, 9.17) is 0 Å². The molecule has 4 nitrogen and oxygen atoms in total. The highest BCUT2D eigenvalue weighted by atomic mass is 32.2. The molecule has 0 saturated carbocycles. The molecule has 2 aromatic carbocycles. The van der Waals surface area contributed by atoms with Crippen molar-refractivity contribution in [3.63, 3.8) is 0 Å². The van der Waals surface area contributed by atoms with Gasteiger partial charge in [0.1, 0.15) is 0 Å². The SMILES string of the molecule is CC(=O)Nc1ccc(SCC(=O)N[C@@H](C)c2cc(C)ccc2C)cc1. The Morgan fingerprint density at radius 3 is 2.40 bits per heavy atom. The fraction of sp³-hybridized carbons (Fsp3) is 0.300. The van der Waals surface area contributed by atoms with Crippen LogP contribution < -0.4 is 10.6 Å². The topological polar surface area (TPSA) is 58.2 Å². The van der Waals surface area contributed by atoms with Gasteiger partial charge in [0, 0.05) is 17.5 Å². The Kier molecular flexibility index (Phi) is 6.65. The van der Waals surface area contributed by atoms with E-state index >= 15 is 0 Å². The number of rotatable bonds is 6. The summed E-state index contributed by atoms with van der Waals surface area (Å²) in [5, 5.41) is 5.78. The maximum absolute atomic E-state index is 12.2. The van der Waals surface area contributed by atoms with E-state index in [1.54, 1.807) is 0 Å². The third kappa shape index (κ3) is 5.94. The minimum atomic E-state index is -0.0970. The maximum atomic E-state index is 12.2. The van der Waals surface area contributed by atoms with Crippen LogP contribution in [-0.4, -0.2) is 17.6 Å². The molecule has 0 spiro atoms. The van der Waals surface area contributed by atoms with E-state index in [0.29, 0.717) is 5.75 Å². The van der Waals surface area contributed by atoms with Crippen molar-refractivity contribution in [3.8, 4) is 0 Å². The zero-order valence-electron chi connectivity index (χ0n) is 15.1. The molecule has 2 N–H and O–H groups in total. The number of hydrogen-bond donors (Lipinski definition) is 2. The van der Waals surface area contributed by atoms with E-state index in [2.05, 4.69) is 42.7 Å². The first-order valence-corrected chi connectivity index (χ1v) is 9.20. The average Bonchev–Trinajstić information content (AvgIpc) is 2.56. The zero-order chi connectivity index (χ0) is 18.4. The zero-order valence-corrected chi connectivity index (χ0v) is 15.9. The predicted molar refractivity (Wildman–Crippen MR) is 104 cm³/mol. The molecule has 25 heavy (non-hydrogen) atoms. The Morgan fingerprint density at radius 1 is 1.08 bits per heavy atom. The van der Waals surface area contributed by atoms with Crippen LogP contribution in [0.3, 0.4) is 0 Å². The lowest BCUT2D eigenvalue weighted by molar-refractivity contribution is -0.119. The van der Waals surface area contributed by atoms with Gasteiger partial charge in [-0.15, -0.1) is 11.8 Å². The highest BCUT2D eigenvalue weighted by Gasteiger charge is 2.12. The van der Waals surface area contributed by atoms with E-state index < -0.39 is 0 Å². The van der Waals surface area contributed by atoms with Crippen LogP contribution in [0.4, 0.5) is 5.69 Å². The standard InChI is InChI=1S/C20H24N2O2S/c1-13-5-6-14(2)19(11-13)15(3)21-20(24)12-25-18-9-7-17(8-10-18)22-16(4)23/h5-11,15H,12H2,1-4H3,(H,21,24)(H,22,23)/t15-/m0/s1. The summed E-state index contributed by atoms with van der Waals surface area (Å²) in [7, 11) is 0. The van der Waals surface area contributed by atoms with Gasteiger partial charge in [-0.2, -0.15) is 0 Å². The molecule has 2 amide bonds. The van der Waals surface area contributed by atoms with E-state index in [0.717, 1.165) is 16.1 Å². The highest BCUT2D eigenvalue weighted by Crippen LogP contribution is 2.22. The minimum Gasteiger partial charge on any atom is -0.349 e. The fourth-order valence-corrected chi connectivity index (χ4v) is 3.28. The molecule has 0 aromatic heterocycles. The van der Waals surface area contributed by atoms with Gasteiger partial charge in [0.2, 0.25) is 11.8 Å². The summed E-state index contributed by atoms with van der Waals surface area (Å²) >= 11 is 1.48. The molecule has 0 aliphatic rings. The first-order chi connectivity index (χ1) is 11.8. The number of thioether (sulfide) groups is 1. The van der Waals surface area contributed by atoms with Crippen LogP contribution in [0.5, 0.6) is 0 Å². The van der Waals surface area contributed by atoms with Crippen molar-refractivity contribution in [2.45, 2.75) is 38.6 Å². The van der Waals surface area contributed by atoms with Crippen LogP contribution >= 0.6 is 11.8 Å². The Hall–Kier alpha value is -2.27. The predicted octanol–water partition coefficient (Wildman–Crippen LogP) is 4.23. The summed E-state index contributed by atoms with van der Waals surface area (Å²) in [6.45, 7) is 7.59. The second-order valence-corrected chi connectivity index (χ2v) is 7.19. The second-order valence-electron chi connectivity index (χ2n) is 6.14. The summed E-state index contributed by atoms with van der Waals surface area (Å²) in [5.41, 5.74) is 4.28. The molecule has 132 valence electrons. The molecule has 0 unspecified atom stereocenters. The number of aryl methyl sites for hydroxylation is 2. The molecule has 0 bridgehead atoms. The van der Waals surface area contributed by atoms with Crippen molar-refractivity contribution < 1.29 is 9.59 Å². The van der Waals surface area contributed by atoms with Crippen molar-refractivity contribution >= 4 is 29.3 Å². The molecule has 1 atom stereocenters. The van der Waals surface area contributed by atoms with Gasteiger partial charge >= 0.3 is 0 Å². The van der Waals surface area contributed by atoms with Gasteiger partial charge in [-0.25, -0.2) is 0 Å². The minimum absolute atomic E-state index is 0.00402. The Morgan fingerprint density at radius 2 is 1.76 bits per heavy atom. The number of anilines is 1. The van der Waals surface area contributed by atoms with E-state index in [1.165, 1.54) is 29.8 Å². The first-order valence-electron chi connectivity index (χ1n) is 8.22. The molecular weight excluding hydrogens is 332 g/mol. The molecule has 0 fully saturated rings. The third-order valence-electron chi connectivity index (χ3n) is 3.82. The van der Waals surface area contributed by atoms with Crippen LogP contribution in [0.15, 0.2) is 47.4 Å². The highest BCUT2D eigenvalue weighted by molar-refractivity contribution is 8.00. The summed E-state index contributed by atoms with van der Waals surface area (Å²) in [5.74, 6) is 0.263. The number of hydrogen-bond acceptors (Lipinski definition) is 3. The number of amides is 2. The van der Waals surface area contributed by atoms with Crippen LogP contribution in [0.1, 0.15) is 36.6 Å². The Balaban J connectivity index is 1.87. The van der Waals surface area contributed by atoms with E-state index in [9.17, 15) is 9.59 Å². The number of carbonyl (C=O) groups is 2. The molecule has 5 heteroatoms. The van der Waals surface area contributed by atoms with Gasteiger partial charge in [0.25, 0.3) is 0 Å². The quantitative estimate of drug-likeness (QED) is 0.762.